The molecule has 1 atom stereocenters. The lowest BCUT2D eigenvalue weighted by Crippen LogP contribution is -2.52. The van der Waals surface area contributed by atoms with Crippen molar-refractivity contribution in [3.8, 4) is 0 Å². The lowest BCUT2D eigenvalue weighted by Gasteiger charge is -2.32. The Morgan fingerprint density at radius 3 is 2.42 bits per heavy atom. The molecule has 0 unspecified atom stereocenters. The zero-order valence-corrected chi connectivity index (χ0v) is 18.1. The highest BCUT2D eigenvalue weighted by Gasteiger charge is 2.47. The summed E-state index contributed by atoms with van der Waals surface area (Å²) in [5, 5.41) is 6.45. The number of hydrogen-bond acceptors (Lipinski definition) is 5. The van der Waals surface area contributed by atoms with Gasteiger partial charge in [0.2, 0.25) is 5.91 Å². The van der Waals surface area contributed by atoms with Crippen LogP contribution in [0.4, 0.5) is 4.79 Å². The van der Waals surface area contributed by atoms with Crippen LogP contribution in [0.15, 0.2) is 30.3 Å². The molecular formula is C22H31N5O4. The van der Waals surface area contributed by atoms with Gasteiger partial charge in [0, 0.05) is 25.6 Å². The molecule has 5 amide bonds. The van der Waals surface area contributed by atoms with Crippen LogP contribution in [0.1, 0.15) is 45.1 Å². The number of rotatable bonds is 8. The maximum absolute atomic E-state index is 12.4. The van der Waals surface area contributed by atoms with Gasteiger partial charge in [0.25, 0.3) is 11.8 Å². The van der Waals surface area contributed by atoms with Gasteiger partial charge in [-0.3, -0.25) is 24.7 Å². The van der Waals surface area contributed by atoms with E-state index >= 15 is 0 Å². The zero-order valence-electron chi connectivity index (χ0n) is 18.1. The average molecular weight is 430 g/mol. The van der Waals surface area contributed by atoms with Crippen molar-refractivity contribution in [1.29, 1.82) is 0 Å². The molecule has 1 aromatic rings. The van der Waals surface area contributed by atoms with Gasteiger partial charge >= 0.3 is 6.03 Å². The maximum Gasteiger partial charge on any atom is 0.344 e. The second-order valence-corrected chi connectivity index (χ2v) is 8.39. The fraction of sp³-hybridized carbons (Fsp3) is 0.545. The third kappa shape index (κ3) is 5.81. The molecule has 0 saturated carbocycles. The van der Waals surface area contributed by atoms with E-state index in [-0.39, 0.29) is 18.5 Å². The zero-order chi connectivity index (χ0) is 22.4. The number of nitrogens with zero attached hydrogens (tertiary/aromatic N) is 2. The van der Waals surface area contributed by atoms with Crippen LogP contribution in [0.2, 0.25) is 0 Å². The van der Waals surface area contributed by atoms with Gasteiger partial charge in [-0.1, -0.05) is 37.3 Å². The molecule has 3 N–H and O–H groups in total. The summed E-state index contributed by atoms with van der Waals surface area (Å²) in [7, 11) is 0. The SMILES string of the molecule is CC[C@]1(C)NC(=O)N(NC(=O)CN2CCC(NC(=O)CCc3ccccc3)CC2)C1=O. The van der Waals surface area contributed by atoms with Crippen LogP contribution in [0.5, 0.6) is 0 Å². The monoisotopic (exact) mass is 429 g/mol. The van der Waals surface area contributed by atoms with E-state index in [0.29, 0.717) is 32.4 Å². The quantitative estimate of drug-likeness (QED) is 0.533. The molecule has 0 bridgehead atoms. The summed E-state index contributed by atoms with van der Waals surface area (Å²) in [4.78, 5) is 50.9. The second-order valence-electron chi connectivity index (χ2n) is 8.39. The first-order valence-electron chi connectivity index (χ1n) is 10.8. The fourth-order valence-electron chi connectivity index (χ4n) is 3.83. The Morgan fingerprint density at radius 1 is 1.13 bits per heavy atom. The largest absolute Gasteiger partial charge is 0.353 e. The lowest BCUT2D eigenvalue weighted by atomic mass is 10.00. The van der Waals surface area contributed by atoms with Gasteiger partial charge < -0.3 is 10.6 Å². The van der Waals surface area contributed by atoms with Gasteiger partial charge in [-0.25, -0.2) is 4.79 Å². The van der Waals surface area contributed by atoms with E-state index in [9.17, 15) is 19.2 Å². The van der Waals surface area contributed by atoms with E-state index in [1.54, 1.807) is 13.8 Å². The van der Waals surface area contributed by atoms with Crippen molar-refractivity contribution < 1.29 is 19.2 Å². The van der Waals surface area contributed by atoms with Crippen LogP contribution >= 0.6 is 0 Å². The number of amides is 5. The Hall–Kier alpha value is -2.94. The van der Waals surface area contributed by atoms with Crippen molar-refractivity contribution in [3.63, 3.8) is 0 Å². The van der Waals surface area contributed by atoms with Crippen molar-refractivity contribution in [2.75, 3.05) is 19.6 Å². The Morgan fingerprint density at radius 2 is 1.81 bits per heavy atom. The molecule has 0 aromatic heterocycles. The summed E-state index contributed by atoms with van der Waals surface area (Å²) in [5.74, 6) is -0.822. The van der Waals surface area contributed by atoms with Gasteiger partial charge in [0.05, 0.1) is 6.54 Å². The van der Waals surface area contributed by atoms with E-state index < -0.39 is 23.4 Å². The molecule has 9 nitrogen and oxygen atoms in total. The first-order chi connectivity index (χ1) is 14.8. The normalized spacial score (nSPS) is 22.3. The molecule has 2 aliphatic rings. The van der Waals surface area contributed by atoms with Gasteiger partial charge in [0.15, 0.2) is 0 Å². The molecular weight excluding hydrogens is 398 g/mol. The molecule has 0 spiro atoms. The van der Waals surface area contributed by atoms with Crippen LogP contribution in [0, 0.1) is 0 Å². The van der Waals surface area contributed by atoms with Crippen molar-refractivity contribution >= 4 is 23.8 Å². The summed E-state index contributed by atoms with van der Waals surface area (Å²) in [6.45, 7) is 4.84. The number of benzene rings is 1. The first-order valence-corrected chi connectivity index (χ1v) is 10.8. The van der Waals surface area contributed by atoms with Crippen LogP contribution in [-0.4, -0.2) is 64.9 Å². The molecule has 31 heavy (non-hydrogen) atoms. The summed E-state index contributed by atoms with van der Waals surface area (Å²) in [6, 6.07) is 9.40. The van der Waals surface area contributed by atoms with E-state index in [2.05, 4.69) is 16.1 Å². The van der Waals surface area contributed by atoms with E-state index in [4.69, 9.17) is 0 Å². The van der Waals surface area contributed by atoms with Gasteiger partial charge in [-0.05, 0) is 38.2 Å². The maximum atomic E-state index is 12.4. The van der Waals surface area contributed by atoms with Gasteiger partial charge in [0.1, 0.15) is 5.54 Å². The summed E-state index contributed by atoms with van der Waals surface area (Å²) in [6.07, 6.45) is 3.11. The minimum absolute atomic E-state index is 0.0394. The highest BCUT2D eigenvalue weighted by atomic mass is 16.2. The molecule has 0 aliphatic carbocycles. The molecule has 0 radical (unpaired) electrons. The van der Waals surface area contributed by atoms with Crippen LogP contribution < -0.4 is 16.1 Å². The molecule has 2 heterocycles. The van der Waals surface area contributed by atoms with Gasteiger partial charge in [-0.2, -0.15) is 5.01 Å². The Kier molecular flexibility index (Phi) is 7.27. The van der Waals surface area contributed by atoms with Gasteiger partial charge in [-0.15, -0.1) is 0 Å². The first kappa shape index (κ1) is 22.7. The van der Waals surface area contributed by atoms with Crippen LogP contribution in [0.3, 0.4) is 0 Å². The molecule has 2 aliphatic heterocycles. The van der Waals surface area contributed by atoms with Crippen LogP contribution in [0.25, 0.3) is 0 Å². The van der Waals surface area contributed by atoms with Crippen molar-refractivity contribution in [2.45, 2.75) is 57.5 Å². The predicted molar refractivity (Wildman–Crippen MR) is 115 cm³/mol. The Labute approximate surface area is 182 Å². The van der Waals surface area contributed by atoms with E-state index in [0.717, 1.165) is 23.4 Å². The summed E-state index contributed by atoms with van der Waals surface area (Å²) in [5.41, 5.74) is 2.57. The molecule has 2 fully saturated rings. The number of urea groups is 1. The smallest absolute Gasteiger partial charge is 0.344 e. The number of carbonyl (C=O) groups excluding carboxylic acids is 4. The van der Waals surface area contributed by atoms with E-state index in [1.165, 1.54) is 0 Å². The third-order valence-corrected chi connectivity index (χ3v) is 6.01. The number of nitrogens with one attached hydrogen (secondary N) is 3. The highest BCUT2D eigenvalue weighted by molar-refractivity contribution is 6.07. The minimum Gasteiger partial charge on any atom is -0.353 e. The van der Waals surface area contributed by atoms with Crippen molar-refractivity contribution in [2.24, 2.45) is 0 Å². The van der Waals surface area contributed by atoms with Crippen molar-refractivity contribution in [3.05, 3.63) is 35.9 Å². The van der Waals surface area contributed by atoms with Crippen LogP contribution in [-0.2, 0) is 20.8 Å². The minimum atomic E-state index is -0.985. The number of likely N-dealkylation sites (tertiary alicyclic amines) is 1. The number of hydrogen-bond donors (Lipinski definition) is 3. The third-order valence-electron chi connectivity index (χ3n) is 6.01. The fourth-order valence-corrected chi connectivity index (χ4v) is 3.83. The summed E-state index contributed by atoms with van der Waals surface area (Å²) >= 11 is 0. The molecule has 3 rings (SSSR count). The Bertz CT molecular complexity index is 822. The number of hydrazine groups is 1. The summed E-state index contributed by atoms with van der Waals surface area (Å²) < 4.78 is 0. The second kappa shape index (κ2) is 9.91. The number of carbonyl (C=O) groups is 4. The number of aryl methyl sites for hydroxylation is 1. The number of piperidine rings is 1. The molecule has 168 valence electrons. The predicted octanol–water partition coefficient (Wildman–Crippen LogP) is 0.952. The van der Waals surface area contributed by atoms with E-state index in [1.807, 2.05) is 35.2 Å². The molecule has 2 saturated heterocycles. The Balaban J connectivity index is 1.37. The van der Waals surface area contributed by atoms with Crippen molar-refractivity contribution in [1.82, 2.24) is 26.0 Å². The topological polar surface area (TPSA) is 111 Å². The highest BCUT2D eigenvalue weighted by Crippen LogP contribution is 2.19. The number of imide groups is 1. The standard InChI is InChI=1S/C22H31N5O4/c1-3-22(2)20(30)27(21(31)24-22)25-19(29)15-26-13-11-17(12-14-26)23-18(28)10-9-16-7-5-4-6-8-16/h4-8,17H,3,9-15H2,1-2H3,(H,23,28)(H,24,31)(H,25,29)/t22-/m0/s1. The molecule has 9 heteroatoms. The lowest BCUT2D eigenvalue weighted by molar-refractivity contribution is -0.139. The average Bonchev–Trinajstić information content (AvgIpc) is 2.98. The molecule has 1 aromatic carbocycles.